The molecule has 2 fully saturated rings. The highest BCUT2D eigenvalue weighted by Gasteiger charge is 2.63. The summed E-state index contributed by atoms with van der Waals surface area (Å²) in [5, 5.41) is 5.25. The number of rotatable bonds is 10. The molecule has 4 amide bonds. The van der Waals surface area contributed by atoms with Crippen LogP contribution in [0.2, 0.25) is 0 Å². The first kappa shape index (κ1) is 55.7. The van der Waals surface area contributed by atoms with Gasteiger partial charge in [-0.1, -0.05) is 58.0 Å². The van der Waals surface area contributed by atoms with Crippen molar-refractivity contribution in [2.24, 2.45) is 16.8 Å². The number of hydrogen-bond donors (Lipinski definition) is 3. The average molecular weight is 1020 g/mol. The summed E-state index contributed by atoms with van der Waals surface area (Å²) in [5.74, 6) is -9.57. The smallest absolute Gasteiger partial charge is 0.407 e. The molecule has 3 aromatic carbocycles. The molecule has 4 atom stereocenters. The number of carbonyl (C=O) groups excluding carboxylic acids is 4. The number of nitrogens with one attached hydrogen (secondary N) is 3. The van der Waals surface area contributed by atoms with E-state index in [1.54, 1.807) is 46.3 Å². The Morgan fingerprint density at radius 2 is 1.16 bits per heavy atom. The van der Waals surface area contributed by atoms with Crippen molar-refractivity contribution in [2.45, 2.75) is 95.8 Å². The van der Waals surface area contributed by atoms with Crippen LogP contribution < -0.4 is 10.6 Å². The van der Waals surface area contributed by atoms with E-state index in [-0.39, 0.29) is 101 Å². The molecule has 0 spiro atoms. The first-order valence-corrected chi connectivity index (χ1v) is 21.6. The second-order valence-corrected chi connectivity index (χ2v) is 17.6. The molecule has 0 bridgehead atoms. The van der Waals surface area contributed by atoms with Gasteiger partial charge in [0.15, 0.2) is 0 Å². The second kappa shape index (κ2) is 21.8. The van der Waals surface area contributed by atoms with Crippen molar-refractivity contribution in [3.05, 3.63) is 83.3 Å². The molecule has 8 rings (SSSR count). The van der Waals surface area contributed by atoms with E-state index in [1.807, 2.05) is 27.7 Å². The van der Waals surface area contributed by atoms with Gasteiger partial charge >= 0.3 is 24.0 Å². The SMILES string of the molecule is COC(=O)N[C@H](C(=O)N1CCCC1C1=NC=C(c2ccc3c(c2)C(F)(F)C(F)(F)c2cc(-c4ccc5nc([C@@H]6CCCN6C(=O)[C@@H](NC(=O)OC)C(C)C)[nH]c5c4)ccc2-3)C1)C(C)C.S.S.S.S. The van der Waals surface area contributed by atoms with Gasteiger partial charge in [-0.25, -0.2) is 14.6 Å². The summed E-state index contributed by atoms with van der Waals surface area (Å²) in [4.78, 5) is 67.3. The number of carbonyl (C=O) groups is 4. The minimum absolute atomic E-state index is 0. The van der Waals surface area contributed by atoms with Gasteiger partial charge in [0, 0.05) is 42.5 Å². The number of aromatic nitrogens is 2. The van der Waals surface area contributed by atoms with Gasteiger partial charge in [-0.05, 0) is 95.2 Å². The van der Waals surface area contributed by atoms with Crippen LogP contribution in [0.3, 0.4) is 0 Å². The predicted molar refractivity (Wildman–Crippen MR) is 273 cm³/mol. The van der Waals surface area contributed by atoms with Gasteiger partial charge in [0.2, 0.25) is 11.8 Å². The Morgan fingerprint density at radius 1 is 0.691 bits per heavy atom. The van der Waals surface area contributed by atoms with E-state index in [9.17, 15) is 19.2 Å². The zero-order valence-corrected chi connectivity index (χ0v) is 42.4. The minimum atomic E-state index is -4.56. The average Bonchev–Trinajstić information content (AvgIpc) is 4.12. The fraction of sp³-hybridized carbons (Fsp3) is 0.447. The number of halogens is 4. The number of nitrogens with zero attached hydrogens (tertiary/aromatic N) is 4. The number of alkyl carbamates (subject to hydrolysis) is 2. The number of hydrogen-bond acceptors (Lipinski definition) is 8. The summed E-state index contributed by atoms with van der Waals surface area (Å²) in [6.07, 6.45) is 3.02. The molecule has 2 saturated heterocycles. The van der Waals surface area contributed by atoms with E-state index in [1.165, 1.54) is 26.4 Å². The highest BCUT2D eigenvalue weighted by atomic mass is 32.1. The van der Waals surface area contributed by atoms with Gasteiger partial charge in [0.25, 0.3) is 0 Å². The van der Waals surface area contributed by atoms with E-state index in [0.717, 1.165) is 18.6 Å². The monoisotopic (exact) mass is 1020 g/mol. The quantitative estimate of drug-likeness (QED) is 0.134. The van der Waals surface area contributed by atoms with Crippen molar-refractivity contribution >= 4 is 100 Å². The lowest BCUT2D eigenvalue weighted by atomic mass is 9.78. The number of likely N-dealkylation sites (tertiary alicyclic amines) is 2. The lowest BCUT2D eigenvalue weighted by Gasteiger charge is -2.35. The van der Waals surface area contributed by atoms with E-state index in [0.29, 0.717) is 77.2 Å². The number of amides is 4. The molecule has 13 nitrogen and oxygen atoms in total. The van der Waals surface area contributed by atoms with E-state index >= 15 is 17.6 Å². The third-order valence-corrected chi connectivity index (χ3v) is 12.9. The van der Waals surface area contributed by atoms with Gasteiger partial charge in [-0.15, -0.1) is 0 Å². The molecule has 370 valence electrons. The normalized spacial score (nSPS) is 19.5. The second-order valence-electron chi connectivity index (χ2n) is 17.6. The maximum Gasteiger partial charge on any atom is 0.407 e. The maximum atomic E-state index is 16.3. The van der Waals surface area contributed by atoms with Crippen LogP contribution in [0.4, 0.5) is 27.2 Å². The molecular weight excluding hydrogens is 963 g/mol. The maximum absolute atomic E-state index is 16.3. The molecule has 0 saturated carbocycles. The van der Waals surface area contributed by atoms with Gasteiger partial charge in [-0.3, -0.25) is 14.6 Å². The van der Waals surface area contributed by atoms with Crippen LogP contribution in [0.5, 0.6) is 0 Å². The van der Waals surface area contributed by atoms with Gasteiger partial charge < -0.3 is 34.9 Å². The molecule has 1 aliphatic carbocycles. The van der Waals surface area contributed by atoms with E-state index in [2.05, 4.69) is 20.6 Å². The van der Waals surface area contributed by atoms with Gasteiger partial charge in [0.1, 0.15) is 17.9 Å². The Morgan fingerprint density at radius 3 is 1.69 bits per heavy atom. The molecule has 68 heavy (non-hydrogen) atoms. The Balaban J connectivity index is 0.00000252. The highest BCUT2D eigenvalue weighted by molar-refractivity contribution is 7.59. The molecule has 4 aliphatic rings. The molecule has 3 N–H and O–H groups in total. The first-order chi connectivity index (χ1) is 30.4. The fourth-order valence-corrected chi connectivity index (χ4v) is 9.44. The molecule has 4 heterocycles. The molecule has 4 aromatic rings. The van der Waals surface area contributed by atoms with Crippen molar-refractivity contribution in [2.75, 3.05) is 27.3 Å². The molecule has 1 unspecified atom stereocenters. The van der Waals surface area contributed by atoms with Crippen LogP contribution >= 0.6 is 54.0 Å². The highest BCUT2D eigenvalue weighted by Crippen LogP contribution is 2.58. The van der Waals surface area contributed by atoms with E-state index < -0.39 is 53.3 Å². The van der Waals surface area contributed by atoms with Crippen LogP contribution in [0, 0.1) is 11.8 Å². The van der Waals surface area contributed by atoms with Crippen molar-refractivity contribution in [1.29, 1.82) is 0 Å². The van der Waals surface area contributed by atoms with Crippen LogP contribution in [0.15, 0.2) is 65.8 Å². The summed E-state index contributed by atoms with van der Waals surface area (Å²) in [6, 6.07) is 11.1. The van der Waals surface area contributed by atoms with Crippen molar-refractivity contribution < 1.29 is 46.2 Å². The molecule has 1 aromatic heterocycles. The fourth-order valence-electron chi connectivity index (χ4n) is 9.44. The van der Waals surface area contributed by atoms with Crippen LogP contribution in [-0.2, 0) is 30.9 Å². The van der Waals surface area contributed by atoms with Gasteiger partial charge in [-0.2, -0.15) is 71.5 Å². The predicted octanol–water partition coefficient (Wildman–Crippen LogP) is 9.15. The Kier molecular flexibility index (Phi) is 17.9. The minimum Gasteiger partial charge on any atom is -0.453 e. The number of imidazole rings is 1. The largest absolute Gasteiger partial charge is 0.453 e. The van der Waals surface area contributed by atoms with Crippen LogP contribution in [0.1, 0.15) is 88.4 Å². The number of alkyl halides is 4. The Hall–Kier alpha value is -4.86. The topological polar surface area (TPSA) is 158 Å². The van der Waals surface area contributed by atoms with Gasteiger partial charge in [0.05, 0.1) is 37.3 Å². The van der Waals surface area contributed by atoms with Crippen molar-refractivity contribution in [1.82, 2.24) is 30.4 Å². The lowest BCUT2D eigenvalue weighted by molar-refractivity contribution is -0.225. The number of ether oxygens (including phenoxy) is 2. The number of benzene rings is 3. The summed E-state index contributed by atoms with van der Waals surface area (Å²) in [6.45, 7) is 8.20. The molecule has 0 radical (unpaired) electrons. The summed E-state index contributed by atoms with van der Waals surface area (Å²) in [5.41, 5.74) is 1.90. The molecular formula is C47H59F4N7O6S4. The van der Waals surface area contributed by atoms with E-state index in [4.69, 9.17) is 14.5 Å². The van der Waals surface area contributed by atoms with Crippen molar-refractivity contribution in [3.63, 3.8) is 0 Å². The number of methoxy groups -OCH3 is 2. The molecule has 21 heteroatoms. The Labute approximate surface area is 420 Å². The van der Waals surface area contributed by atoms with Crippen LogP contribution in [-0.4, -0.2) is 94.9 Å². The van der Waals surface area contributed by atoms with Crippen LogP contribution in [0.25, 0.3) is 38.9 Å². The number of H-pyrrole nitrogens is 1. The third kappa shape index (κ3) is 10.1. The standard InChI is InChI=1S/C47H51F4N7O6.4H2S/c1-24(2)39(55-44(61)63-5)42(59)57-17-7-9-37(57)36-22-29(23-52-36)27-12-15-31-30-14-11-26(19-32(30)46(48,49)47(50,51)33(31)20-27)28-13-16-34-35(21-28)54-41(53-34)38-10-8-18-58(38)43(60)40(25(3)4)56-45(62)64-6;;;;/h11-16,19-21,23-25,37-40H,7-10,17-18,22H2,1-6H3,(H,53,54)(H,55,61)(H,56,62);4*1H2/t37?,38-,39-,40-;;;;/m0..../s1. The number of fused-ring (bicyclic) bond motifs is 4. The number of allylic oxidation sites excluding steroid dienone is 1. The molecule has 3 aliphatic heterocycles. The zero-order valence-electron chi connectivity index (χ0n) is 38.4. The lowest BCUT2D eigenvalue weighted by Crippen LogP contribution is -2.53. The summed E-state index contributed by atoms with van der Waals surface area (Å²) >= 11 is 0. The summed E-state index contributed by atoms with van der Waals surface area (Å²) in [7, 11) is 2.45. The number of aliphatic imine (C=N–C) groups is 1. The van der Waals surface area contributed by atoms with Crippen molar-refractivity contribution in [3.8, 4) is 22.3 Å². The Bertz CT molecular complexity index is 2610. The number of aromatic amines is 1. The first-order valence-electron chi connectivity index (χ1n) is 21.6. The zero-order chi connectivity index (χ0) is 45.8. The summed E-state index contributed by atoms with van der Waals surface area (Å²) < 4.78 is 74.5. The third-order valence-electron chi connectivity index (χ3n) is 12.9.